The molecule has 0 saturated heterocycles. The third-order valence-electron chi connectivity index (χ3n) is 3.74. The SMILES string of the molecule is CCn1c(C)cc(C(=O)CSc2n[nH]c(-c3cccs3)n2)c1C. The smallest absolute Gasteiger partial charge is 0.209 e. The molecule has 0 aliphatic carbocycles. The zero-order valence-corrected chi connectivity index (χ0v) is 14.9. The lowest BCUT2D eigenvalue weighted by Crippen LogP contribution is -2.06. The van der Waals surface area contributed by atoms with Crippen LogP contribution in [0.25, 0.3) is 10.7 Å². The molecule has 0 atom stereocenters. The number of aryl methyl sites for hydroxylation is 1. The van der Waals surface area contributed by atoms with Gasteiger partial charge in [-0.05, 0) is 38.3 Å². The summed E-state index contributed by atoms with van der Waals surface area (Å²) in [6, 6.07) is 5.93. The van der Waals surface area contributed by atoms with Gasteiger partial charge < -0.3 is 4.57 Å². The van der Waals surface area contributed by atoms with Gasteiger partial charge in [0.25, 0.3) is 0 Å². The van der Waals surface area contributed by atoms with Gasteiger partial charge in [-0.2, -0.15) is 0 Å². The second kappa shape index (κ2) is 6.72. The van der Waals surface area contributed by atoms with Crippen LogP contribution < -0.4 is 0 Å². The molecule has 0 radical (unpaired) electrons. The largest absolute Gasteiger partial charge is 0.349 e. The number of thiophene rings is 1. The highest BCUT2D eigenvalue weighted by Crippen LogP contribution is 2.24. The van der Waals surface area contributed by atoms with Gasteiger partial charge in [0.15, 0.2) is 11.6 Å². The highest BCUT2D eigenvalue weighted by Gasteiger charge is 2.16. The molecule has 0 unspecified atom stereocenters. The van der Waals surface area contributed by atoms with Gasteiger partial charge >= 0.3 is 0 Å². The van der Waals surface area contributed by atoms with Crippen molar-refractivity contribution in [3.63, 3.8) is 0 Å². The van der Waals surface area contributed by atoms with E-state index in [1.54, 1.807) is 11.3 Å². The Bertz CT molecular complexity index is 817. The van der Waals surface area contributed by atoms with Crippen molar-refractivity contribution in [2.75, 3.05) is 5.75 Å². The number of hydrogen-bond donors (Lipinski definition) is 1. The summed E-state index contributed by atoms with van der Waals surface area (Å²) in [5, 5.41) is 9.69. The standard InChI is InChI=1S/C16H18N4OS2/c1-4-20-10(2)8-12(11(20)3)13(21)9-23-16-17-15(18-19-16)14-6-5-7-22-14/h5-8H,4,9H2,1-3H3,(H,17,18,19). The van der Waals surface area contributed by atoms with Gasteiger partial charge in [0.2, 0.25) is 5.16 Å². The summed E-state index contributed by atoms with van der Waals surface area (Å²) in [5.74, 6) is 1.21. The first-order chi connectivity index (χ1) is 11.1. The fourth-order valence-corrected chi connectivity index (χ4v) is 3.96. The van der Waals surface area contributed by atoms with Gasteiger partial charge in [0.1, 0.15) is 0 Å². The van der Waals surface area contributed by atoms with E-state index >= 15 is 0 Å². The van der Waals surface area contributed by atoms with Crippen LogP contribution >= 0.6 is 23.1 Å². The van der Waals surface area contributed by atoms with Crippen LogP contribution in [0.15, 0.2) is 28.7 Å². The lowest BCUT2D eigenvalue weighted by molar-refractivity contribution is 0.102. The minimum Gasteiger partial charge on any atom is -0.349 e. The van der Waals surface area contributed by atoms with Gasteiger partial charge in [0, 0.05) is 23.5 Å². The highest BCUT2D eigenvalue weighted by atomic mass is 32.2. The maximum Gasteiger partial charge on any atom is 0.209 e. The van der Waals surface area contributed by atoms with Crippen LogP contribution in [-0.2, 0) is 6.54 Å². The Morgan fingerprint density at radius 2 is 2.26 bits per heavy atom. The summed E-state index contributed by atoms with van der Waals surface area (Å²) in [4.78, 5) is 17.9. The number of nitrogens with one attached hydrogen (secondary N) is 1. The highest BCUT2D eigenvalue weighted by molar-refractivity contribution is 7.99. The number of ketones is 1. The third-order valence-corrected chi connectivity index (χ3v) is 5.47. The van der Waals surface area contributed by atoms with Crippen molar-refractivity contribution in [2.45, 2.75) is 32.5 Å². The number of H-pyrrole nitrogens is 1. The molecule has 0 fully saturated rings. The average molecular weight is 346 g/mol. The van der Waals surface area contributed by atoms with E-state index in [2.05, 4.69) is 26.7 Å². The maximum absolute atomic E-state index is 12.5. The number of carbonyl (C=O) groups is 1. The number of nitrogens with zero attached hydrogens (tertiary/aromatic N) is 3. The fraction of sp³-hybridized carbons (Fsp3) is 0.312. The molecule has 120 valence electrons. The Morgan fingerprint density at radius 3 is 2.91 bits per heavy atom. The van der Waals surface area contributed by atoms with E-state index in [4.69, 9.17) is 0 Å². The van der Waals surface area contributed by atoms with Gasteiger partial charge in [-0.15, -0.1) is 16.4 Å². The average Bonchev–Trinajstić information content (AvgIpc) is 3.24. The van der Waals surface area contributed by atoms with Gasteiger partial charge in [-0.1, -0.05) is 17.8 Å². The van der Waals surface area contributed by atoms with E-state index in [0.29, 0.717) is 10.9 Å². The molecule has 0 aliphatic rings. The Labute approximate surface area is 143 Å². The number of aromatic amines is 1. The number of thioether (sulfide) groups is 1. The molecule has 0 aromatic carbocycles. The first kappa shape index (κ1) is 16.0. The van der Waals surface area contributed by atoms with Crippen LogP contribution in [0.3, 0.4) is 0 Å². The van der Waals surface area contributed by atoms with Gasteiger partial charge in [0.05, 0.1) is 10.6 Å². The summed E-state index contributed by atoms with van der Waals surface area (Å²) < 4.78 is 2.15. The molecule has 3 heterocycles. The van der Waals surface area contributed by atoms with E-state index in [1.807, 2.05) is 37.4 Å². The molecule has 0 spiro atoms. The van der Waals surface area contributed by atoms with E-state index in [1.165, 1.54) is 11.8 Å². The van der Waals surface area contributed by atoms with Crippen molar-refractivity contribution in [1.29, 1.82) is 0 Å². The van der Waals surface area contributed by atoms with E-state index < -0.39 is 0 Å². The minimum absolute atomic E-state index is 0.116. The Morgan fingerprint density at radius 1 is 1.43 bits per heavy atom. The second-order valence-electron chi connectivity index (χ2n) is 5.18. The monoisotopic (exact) mass is 346 g/mol. The summed E-state index contributed by atoms with van der Waals surface area (Å²) in [6.45, 7) is 6.99. The molecule has 0 saturated carbocycles. The van der Waals surface area contributed by atoms with Crippen molar-refractivity contribution in [3.05, 3.63) is 40.5 Å². The van der Waals surface area contributed by atoms with Crippen molar-refractivity contribution in [2.24, 2.45) is 0 Å². The van der Waals surface area contributed by atoms with Crippen LogP contribution in [0.4, 0.5) is 0 Å². The molecule has 23 heavy (non-hydrogen) atoms. The van der Waals surface area contributed by atoms with Crippen molar-refractivity contribution in [3.8, 4) is 10.7 Å². The maximum atomic E-state index is 12.5. The summed E-state index contributed by atoms with van der Waals surface area (Å²) in [6.07, 6.45) is 0. The zero-order chi connectivity index (χ0) is 16.4. The second-order valence-corrected chi connectivity index (χ2v) is 7.08. The van der Waals surface area contributed by atoms with Crippen LogP contribution in [0, 0.1) is 13.8 Å². The van der Waals surface area contributed by atoms with Crippen LogP contribution in [0.5, 0.6) is 0 Å². The van der Waals surface area contributed by atoms with E-state index in [-0.39, 0.29) is 5.78 Å². The summed E-state index contributed by atoms with van der Waals surface area (Å²) in [7, 11) is 0. The number of rotatable bonds is 6. The topological polar surface area (TPSA) is 63.6 Å². The molecule has 3 aromatic heterocycles. The lowest BCUT2D eigenvalue weighted by atomic mass is 10.2. The molecule has 0 bridgehead atoms. The molecule has 3 aromatic rings. The zero-order valence-electron chi connectivity index (χ0n) is 13.3. The molecule has 3 rings (SSSR count). The van der Waals surface area contributed by atoms with Crippen LogP contribution in [0.1, 0.15) is 28.7 Å². The van der Waals surface area contributed by atoms with Gasteiger partial charge in [-0.25, -0.2) is 4.98 Å². The molecular formula is C16H18N4OS2. The first-order valence-corrected chi connectivity index (χ1v) is 9.25. The summed E-state index contributed by atoms with van der Waals surface area (Å²) in [5.41, 5.74) is 2.95. The number of aromatic nitrogens is 4. The lowest BCUT2D eigenvalue weighted by Gasteiger charge is -2.05. The first-order valence-electron chi connectivity index (χ1n) is 7.39. The fourth-order valence-electron chi connectivity index (χ4n) is 2.61. The van der Waals surface area contributed by atoms with Crippen molar-refractivity contribution < 1.29 is 4.79 Å². The number of hydrogen-bond acceptors (Lipinski definition) is 5. The van der Waals surface area contributed by atoms with E-state index in [9.17, 15) is 4.79 Å². The molecule has 0 amide bonds. The number of Topliss-reactive ketones (excluding diaryl/α,β-unsaturated/α-hetero) is 1. The molecule has 7 heteroatoms. The van der Waals surface area contributed by atoms with Crippen LogP contribution in [0.2, 0.25) is 0 Å². The quantitative estimate of drug-likeness (QED) is 0.542. The Kier molecular flexibility index (Phi) is 4.68. The third kappa shape index (κ3) is 3.25. The van der Waals surface area contributed by atoms with Crippen LogP contribution in [-0.4, -0.2) is 31.3 Å². The number of carbonyl (C=O) groups excluding carboxylic acids is 1. The molecule has 1 N–H and O–H groups in total. The normalized spacial score (nSPS) is 11.1. The van der Waals surface area contributed by atoms with Gasteiger partial charge in [-0.3, -0.25) is 9.89 Å². The Balaban J connectivity index is 1.68. The predicted molar refractivity (Wildman–Crippen MR) is 94.3 cm³/mol. The summed E-state index contributed by atoms with van der Waals surface area (Å²) >= 11 is 2.97. The molecule has 5 nitrogen and oxygen atoms in total. The molecular weight excluding hydrogens is 328 g/mol. The van der Waals surface area contributed by atoms with E-state index in [0.717, 1.165) is 34.2 Å². The van der Waals surface area contributed by atoms with Crippen molar-refractivity contribution in [1.82, 2.24) is 19.7 Å². The van der Waals surface area contributed by atoms with Crippen molar-refractivity contribution >= 4 is 28.9 Å². The molecule has 0 aliphatic heterocycles. The Hall–Kier alpha value is -1.86. The predicted octanol–water partition coefficient (Wildman–Crippen LogP) is 3.95. The minimum atomic E-state index is 0.116.